The summed E-state index contributed by atoms with van der Waals surface area (Å²) in [6.07, 6.45) is 3.35. The molecule has 1 aliphatic rings. The van der Waals surface area contributed by atoms with E-state index in [2.05, 4.69) is 4.98 Å². The van der Waals surface area contributed by atoms with Crippen molar-refractivity contribution in [3.8, 4) is 11.8 Å². The Balaban J connectivity index is 1.72. The summed E-state index contributed by atoms with van der Waals surface area (Å²) >= 11 is 1.08. The summed E-state index contributed by atoms with van der Waals surface area (Å²) in [5, 5.41) is -0.0352. The second-order valence-electron chi connectivity index (χ2n) is 10.3. The Bertz CT molecular complexity index is 1800. The first kappa shape index (κ1) is 30.0. The summed E-state index contributed by atoms with van der Waals surface area (Å²) in [4.78, 5) is 73.9. The van der Waals surface area contributed by atoms with Crippen LogP contribution in [-0.2, 0) is 20.9 Å². The number of hydrogen-bond donors (Lipinski definition) is 0. The van der Waals surface area contributed by atoms with E-state index in [9.17, 15) is 24.0 Å². The Kier molecular flexibility index (Phi) is 8.62. The van der Waals surface area contributed by atoms with Crippen molar-refractivity contribution in [2.45, 2.75) is 52.7 Å². The molecule has 1 unspecified atom stereocenters. The number of aryl methyl sites for hydroxylation is 1. The van der Waals surface area contributed by atoms with E-state index in [1.54, 1.807) is 43.0 Å². The van der Waals surface area contributed by atoms with Gasteiger partial charge < -0.3 is 18.8 Å². The minimum absolute atomic E-state index is 0.0352. The minimum atomic E-state index is -1.03. The minimum Gasteiger partial charge on any atom is -0.496 e. The van der Waals surface area contributed by atoms with Crippen LogP contribution in [0.1, 0.15) is 60.0 Å². The normalized spacial score (nSPS) is 14.6. The third kappa shape index (κ3) is 5.52. The number of nitrogens with zero attached hydrogens (tertiary/aromatic N) is 4. The number of hydrogen-bond acceptors (Lipinski definition) is 10. The topological polar surface area (TPSA) is 143 Å². The Morgan fingerprint density at radius 3 is 2.51 bits per heavy atom. The molecule has 4 heterocycles. The van der Waals surface area contributed by atoms with E-state index in [4.69, 9.17) is 13.9 Å². The first-order valence-electron chi connectivity index (χ1n) is 14.0. The van der Waals surface area contributed by atoms with Gasteiger partial charge in [-0.25, -0.2) is 9.78 Å². The number of benzene rings is 1. The fourth-order valence-corrected chi connectivity index (χ4v) is 6.51. The van der Waals surface area contributed by atoms with Gasteiger partial charge in [-0.2, -0.15) is 4.57 Å². The van der Waals surface area contributed by atoms with Crippen molar-refractivity contribution in [2.75, 3.05) is 20.2 Å². The van der Waals surface area contributed by atoms with E-state index < -0.39 is 35.0 Å². The quantitative estimate of drug-likeness (QED) is 0.150. The number of Topliss-reactive ketones (excluding diaryl/α,β-unsaturated/α-hetero) is 1. The predicted octanol–water partition coefficient (Wildman–Crippen LogP) is 3.65. The van der Waals surface area contributed by atoms with Crippen molar-refractivity contribution >= 4 is 39.2 Å². The van der Waals surface area contributed by atoms with Gasteiger partial charge in [0.05, 0.1) is 31.2 Å². The van der Waals surface area contributed by atoms with E-state index in [1.165, 1.54) is 31.1 Å². The van der Waals surface area contributed by atoms with Crippen molar-refractivity contribution in [1.82, 2.24) is 19.0 Å². The van der Waals surface area contributed by atoms with Gasteiger partial charge in [0.25, 0.3) is 5.56 Å². The number of carbonyl (C=O) groups excluding carboxylic acids is 3. The van der Waals surface area contributed by atoms with E-state index in [1.807, 2.05) is 0 Å². The maximum absolute atomic E-state index is 14.0. The van der Waals surface area contributed by atoms with Crippen LogP contribution in [0.15, 0.2) is 50.7 Å². The standard InChI is InChI=1S/C30H32N4O8S/c1-5-22(35)42-21(19-10-6-7-11-20(19)40-4)16-33-28-24(27(38)34(30(33)39)29-31-12-15-41-29)23(18(3)43-28)25(36)17(2)26(37)32-13-8-9-14-32/h6-7,10-12,15,17,21H,5,8-9,13-14,16H2,1-4H3/t17?,21-/m0/s1. The second kappa shape index (κ2) is 12.4. The van der Waals surface area contributed by atoms with E-state index >= 15 is 0 Å². The summed E-state index contributed by atoms with van der Waals surface area (Å²) in [5.74, 6) is -1.91. The lowest BCUT2D eigenvalue weighted by atomic mass is 9.96. The Morgan fingerprint density at radius 2 is 1.86 bits per heavy atom. The van der Waals surface area contributed by atoms with Gasteiger partial charge in [0.2, 0.25) is 5.91 Å². The number of methoxy groups -OCH3 is 1. The maximum atomic E-state index is 14.0. The third-order valence-corrected chi connectivity index (χ3v) is 8.71. The molecule has 0 radical (unpaired) electrons. The molecule has 4 aromatic rings. The van der Waals surface area contributed by atoms with Crippen LogP contribution in [0.4, 0.5) is 0 Å². The number of amides is 1. The number of esters is 1. The molecule has 12 nitrogen and oxygen atoms in total. The molecule has 5 rings (SSSR count). The van der Waals surface area contributed by atoms with Crippen LogP contribution in [0.5, 0.6) is 5.75 Å². The SMILES string of the molecule is CCC(=O)O[C@@H](Cn1c(=O)n(-c2ncco2)c(=O)c2c(C(=O)C(C)C(=O)N3CCCC3)c(C)sc21)c1ccccc1OC. The lowest BCUT2D eigenvalue weighted by Crippen LogP contribution is -2.41. The van der Waals surface area contributed by atoms with Gasteiger partial charge in [0, 0.05) is 35.5 Å². The van der Waals surface area contributed by atoms with Crippen LogP contribution < -0.4 is 16.0 Å². The van der Waals surface area contributed by atoms with Crippen molar-refractivity contribution in [1.29, 1.82) is 0 Å². The molecule has 1 fully saturated rings. The zero-order valence-electron chi connectivity index (χ0n) is 24.3. The van der Waals surface area contributed by atoms with Gasteiger partial charge in [-0.1, -0.05) is 25.1 Å². The fraction of sp³-hybridized carbons (Fsp3) is 0.400. The van der Waals surface area contributed by atoms with Crippen molar-refractivity contribution < 1.29 is 28.3 Å². The van der Waals surface area contributed by atoms with Gasteiger partial charge in [0.15, 0.2) is 5.78 Å². The summed E-state index contributed by atoms with van der Waals surface area (Å²) in [6.45, 7) is 5.81. The molecule has 0 aliphatic carbocycles. The molecule has 0 bridgehead atoms. The third-order valence-electron chi connectivity index (χ3n) is 7.58. The number of ketones is 1. The van der Waals surface area contributed by atoms with Gasteiger partial charge in [-0.15, -0.1) is 11.3 Å². The number of fused-ring (bicyclic) bond motifs is 1. The molecule has 43 heavy (non-hydrogen) atoms. The molecular formula is C30H32N4O8S. The summed E-state index contributed by atoms with van der Waals surface area (Å²) in [6, 6.07) is 6.66. The molecule has 0 spiro atoms. The van der Waals surface area contributed by atoms with Gasteiger partial charge in [-0.05, 0) is 32.8 Å². The maximum Gasteiger partial charge on any atom is 0.340 e. The molecule has 0 N–H and O–H groups in total. The highest BCUT2D eigenvalue weighted by molar-refractivity contribution is 7.19. The lowest BCUT2D eigenvalue weighted by molar-refractivity contribution is -0.149. The highest BCUT2D eigenvalue weighted by atomic mass is 32.1. The molecule has 1 saturated heterocycles. The number of likely N-dealkylation sites (tertiary alicyclic amines) is 1. The summed E-state index contributed by atoms with van der Waals surface area (Å²) < 4.78 is 18.7. The number of aromatic nitrogens is 3. The number of oxazole rings is 1. The summed E-state index contributed by atoms with van der Waals surface area (Å²) in [5.41, 5.74) is -1.02. The monoisotopic (exact) mass is 608 g/mol. The number of thiophene rings is 1. The predicted molar refractivity (Wildman–Crippen MR) is 158 cm³/mol. The molecule has 1 aliphatic heterocycles. The van der Waals surface area contributed by atoms with Crippen LogP contribution in [0, 0.1) is 12.8 Å². The fourth-order valence-electron chi connectivity index (χ4n) is 5.36. The van der Waals surface area contributed by atoms with E-state index in [-0.39, 0.29) is 40.7 Å². The molecule has 1 aromatic carbocycles. The van der Waals surface area contributed by atoms with Crippen LogP contribution in [0.2, 0.25) is 0 Å². The van der Waals surface area contributed by atoms with Crippen LogP contribution in [0.25, 0.3) is 16.2 Å². The Hall–Kier alpha value is -4.52. The van der Waals surface area contributed by atoms with Crippen LogP contribution in [0.3, 0.4) is 0 Å². The van der Waals surface area contributed by atoms with Gasteiger partial charge >= 0.3 is 17.7 Å². The highest BCUT2D eigenvalue weighted by Crippen LogP contribution is 2.34. The smallest absolute Gasteiger partial charge is 0.340 e. The zero-order valence-corrected chi connectivity index (χ0v) is 25.1. The molecule has 2 atom stereocenters. The van der Waals surface area contributed by atoms with Crippen molar-refractivity contribution in [2.24, 2.45) is 5.92 Å². The van der Waals surface area contributed by atoms with E-state index in [0.717, 1.165) is 28.7 Å². The van der Waals surface area contributed by atoms with Crippen molar-refractivity contribution in [3.63, 3.8) is 0 Å². The van der Waals surface area contributed by atoms with E-state index in [0.29, 0.717) is 29.3 Å². The number of para-hydroxylation sites is 1. The second-order valence-corrected chi connectivity index (χ2v) is 11.5. The van der Waals surface area contributed by atoms with Gasteiger partial charge in [0.1, 0.15) is 22.9 Å². The highest BCUT2D eigenvalue weighted by Gasteiger charge is 2.34. The van der Waals surface area contributed by atoms with Crippen LogP contribution in [-0.4, -0.2) is 56.9 Å². The number of ether oxygens (including phenoxy) is 2. The molecule has 13 heteroatoms. The van der Waals surface area contributed by atoms with Gasteiger partial charge in [-0.3, -0.25) is 23.7 Å². The molecule has 226 valence electrons. The average Bonchev–Trinajstić information content (AvgIpc) is 3.79. The Morgan fingerprint density at radius 1 is 1.14 bits per heavy atom. The average molecular weight is 609 g/mol. The first-order chi connectivity index (χ1) is 20.7. The zero-order chi connectivity index (χ0) is 30.8. The molecule has 1 amide bonds. The molecule has 3 aromatic heterocycles. The summed E-state index contributed by atoms with van der Waals surface area (Å²) in [7, 11) is 1.48. The largest absolute Gasteiger partial charge is 0.496 e. The first-order valence-corrected chi connectivity index (χ1v) is 14.8. The lowest BCUT2D eigenvalue weighted by Gasteiger charge is -2.22. The van der Waals surface area contributed by atoms with Crippen LogP contribution >= 0.6 is 11.3 Å². The molecule has 0 saturated carbocycles. The number of rotatable bonds is 10. The Labute approximate surface area is 250 Å². The van der Waals surface area contributed by atoms with Crippen molar-refractivity contribution in [3.05, 3.63) is 73.6 Å². The number of carbonyl (C=O) groups is 3. The molecular weight excluding hydrogens is 576 g/mol.